The molecule has 1 aliphatic heterocycles. The Morgan fingerprint density at radius 2 is 2.03 bits per heavy atom. The minimum atomic E-state index is -0.879. The van der Waals surface area contributed by atoms with Crippen LogP contribution < -0.4 is 10.1 Å². The molecule has 1 aromatic heterocycles. The standard InChI is InChI=1S/C20H27N3O.C7H6O2/c1-14-11-19(24-2)18(17-5-8-21-20(14)17)13-23-9-6-16(7-10-23)22-12-15-3-4-15;8-7(9)6-4-2-1-3-5-6/h5-6,8,11,15,21-22H,3-4,7,9-10,12-13H2,1-2H3;1-5H,(H,8,9). The number of nitrogens with zero attached hydrogens (tertiary/aromatic N) is 1. The molecule has 6 nitrogen and oxygen atoms in total. The smallest absolute Gasteiger partial charge is 0.335 e. The zero-order valence-electron chi connectivity index (χ0n) is 19.4. The molecule has 2 aromatic carbocycles. The lowest BCUT2D eigenvalue weighted by atomic mass is 10.0. The first-order valence-corrected chi connectivity index (χ1v) is 11.6. The van der Waals surface area contributed by atoms with Gasteiger partial charge in [0, 0.05) is 54.5 Å². The minimum absolute atomic E-state index is 0.331. The molecule has 2 heterocycles. The number of aromatic amines is 1. The lowest BCUT2D eigenvalue weighted by Crippen LogP contribution is -2.32. The van der Waals surface area contributed by atoms with Gasteiger partial charge in [0.15, 0.2) is 0 Å². The number of hydrogen-bond donors (Lipinski definition) is 3. The highest BCUT2D eigenvalue weighted by Crippen LogP contribution is 2.32. The summed E-state index contributed by atoms with van der Waals surface area (Å²) in [6.45, 7) is 6.35. The fourth-order valence-corrected chi connectivity index (χ4v) is 4.20. The predicted octanol–water partition coefficient (Wildman–Crippen LogP) is 4.96. The Kier molecular flexibility index (Phi) is 7.35. The first kappa shape index (κ1) is 22.9. The van der Waals surface area contributed by atoms with Gasteiger partial charge in [0.1, 0.15) is 5.75 Å². The summed E-state index contributed by atoms with van der Waals surface area (Å²) < 4.78 is 5.67. The summed E-state index contributed by atoms with van der Waals surface area (Å²) in [7, 11) is 1.77. The molecule has 2 aliphatic rings. The van der Waals surface area contributed by atoms with Gasteiger partial charge < -0.3 is 20.1 Å². The van der Waals surface area contributed by atoms with Crippen LogP contribution in [0.4, 0.5) is 0 Å². The molecular weight excluding hydrogens is 414 g/mol. The largest absolute Gasteiger partial charge is 0.496 e. The summed E-state index contributed by atoms with van der Waals surface area (Å²) in [5.41, 5.74) is 5.52. The van der Waals surface area contributed by atoms with E-state index in [9.17, 15) is 4.79 Å². The molecule has 174 valence electrons. The fourth-order valence-electron chi connectivity index (χ4n) is 4.20. The second kappa shape index (κ2) is 10.6. The first-order chi connectivity index (χ1) is 16.0. The highest BCUT2D eigenvalue weighted by atomic mass is 16.5. The number of methoxy groups -OCH3 is 1. The lowest BCUT2D eigenvalue weighted by Gasteiger charge is -2.28. The van der Waals surface area contributed by atoms with Crippen LogP contribution in [0, 0.1) is 12.8 Å². The van der Waals surface area contributed by atoms with Gasteiger partial charge in [-0.3, -0.25) is 4.90 Å². The molecule has 0 saturated heterocycles. The van der Waals surface area contributed by atoms with E-state index in [2.05, 4.69) is 40.3 Å². The Bertz CT molecular complexity index is 1120. The van der Waals surface area contributed by atoms with Crippen LogP contribution in [0.15, 0.2) is 60.4 Å². The second-order valence-electron chi connectivity index (χ2n) is 8.85. The number of carboxylic acids is 1. The molecule has 0 radical (unpaired) electrons. The number of fused-ring (bicyclic) bond motifs is 1. The van der Waals surface area contributed by atoms with E-state index in [-0.39, 0.29) is 0 Å². The molecule has 0 unspecified atom stereocenters. The van der Waals surface area contributed by atoms with E-state index in [1.165, 1.54) is 47.1 Å². The maximum Gasteiger partial charge on any atom is 0.335 e. The second-order valence-corrected chi connectivity index (χ2v) is 8.85. The Morgan fingerprint density at radius 1 is 1.24 bits per heavy atom. The maximum absolute atomic E-state index is 10.2. The van der Waals surface area contributed by atoms with E-state index in [4.69, 9.17) is 9.84 Å². The van der Waals surface area contributed by atoms with Gasteiger partial charge >= 0.3 is 5.97 Å². The molecule has 0 bridgehead atoms. The Labute approximate surface area is 195 Å². The highest BCUT2D eigenvalue weighted by molar-refractivity contribution is 5.88. The average molecular weight is 448 g/mol. The molecule has 3 N–H and O–H groups in total. The average Bonchev–Trinajstić information content (AvgIpc) is 3.54. The van der Waals surface area contributed by atoms with Crippen molar-refractivity contribution in [1.29, 1.82) is 0 Å². The van der Waals surface area contributed by atoms with Crippen LogP contribution in [-0.2, 0) is 6.54 Å². The van der Waals surface area contributed by atoms with E-state index >= 15 is 0 Å². The molecule has 5 rings (SSSR count). The molecule has 1 fully saturated rings. The van der Waals surface area contributed by atoms with Gasteiger partial charge in [-0.05, 0) is 61.9 Å². The molecule has 0 spiro atoms. The van der Waals surface area contributed by atoms with Crippen molar-refractivity contribution in [3.8, 4) is 5.75 Å². The van der Waals surface area contributed by atoms with Crippen molar-refractivity contribution in [2.75, 3.05) is 26.7 Å². The first-order valence-electron chi connectivity index (χ1n) is 11.6. The van der Waals surface area contributed by atoms with Gasteiger partial charge in [0.2, 0.25) is 0 Å². The molecule has 1 saturated carbocycles. The van der Waals surface area contributed by atoms with Crippen molar-refractivity contribution in [2.45, 2.75) is 32.7 Å². The third kappa shape index (κ3) is 5.96. The molecular formula is C27H33N3O3. The van der Waals surface area contributed by atoms with E-state index in [0.29, 0.717) is 5.56 Å². The number of carboxylic acid groups (broad SMARTS) is 1. The van der Waals surface area contributed by atoms with Crippen LogP contribution in [-0.4, -0.2) is 47.7 Å². The van der Waals surface area contributed by atoms with E-state index in [0.717, 1.165) is 37.7 Å². The van der Waals surface area contributed by atoms with Crippen molar-refractivity contribution in [1.82, 2.24) is 15.2 Å². The van der Waals surface area contributed by atoms with E-state index < -0.39 is 5.97 Å². The molecule has 3 aromatic rings. The maximum atomic E-state index is 10.2. The van der Waals surface area contributed by atoms with Crippen LogP contribution in [0.25, 0.3) is 10.9 Å². The quantitative estimate of drug-likeness (QED) is 0.477. The third-order valence-corrected chi connectivity index (χ3v) is 6.34. The van der Waals surface area contributed by atoms with Gasteiger partial charge in [0.25, 0.3) is 0 Å². The van der Waals surface area contributed by atoms with Crippen molar-refractivity contribution >= 4 is 16.9 Å². The summed E-state index contributed by atoms with van der Waals surface area (Å²) in [6.07, 6.45) is 8.33. The highest BCUT2D eigenvalue weighted by Gasteiger charge is 2.22. The van der Waals surface area contributed by atoms with Crippen LogP contribution in [0.1, 0.15) is 40.7 Å². The minimum Gasteiger partial charge on any atom is -0.496 e. The molecule has 0 amide bonds. The van der Waals surface area contributed by atoms with E-state index in [1.54, 1.807) is 37.4 Å². The number of H-pyrrole nitrogens is 1. The molecule has 0 atom stereocenters. The van der Waals surface area contributed by atoms with Crippen LogP contribution in [0.2, 0.25) is 0 Å². The molecule has 1 aliphatic carbocycles. The van der Waals surface area contributed by atoms with Crippen LogP contribution >= 0.6 is 0 Å². The number of hydrogen-bond acceptors (Lipinski definition) is 4. The number of ether oxygens (including phenoxy) is 1. The fraction of sp³-hybridized carbons (Fsp3) is 0.370. The molecule has 33 heavy (non-hydrogen) atoms. The SMILES string of the molecule is COc1cc(C)c2[nH]ccc2c1CN1CC=C(NCC2CC2)CC1.O=C(O)c1ccccc1. The van der Waals surface area contributed by atoms with Gasteiger partial charge in [0.05, 0.1) is 12.7 Å². The number of nitrogens with one attached hydrogen (secondary N) is 2. The number of rotatable bonds is 7. The van der Waals surface area contributed by atoms with Gasteiger partial charge in [-0.2, -0.15) is 0 Å². The van der Waals surface area contributed by atoms with Crippen molar-refractivity contribution in [2.24, 2.45) is 5.92 Å². The van der Waals surface area contributed by atoms with Gasteiger partial charge in [-0.25, -0.2) is 4.79 Å². The Hall–Kier alpha value is -3.25. The van der Waals surface area contributed by atoms with E-state index in [1.807, 2.05) is 6.20 Å². The Morgan fingerprint density at radius 3 is 2.64 bits per heavy atom. The zero-order chi connectivity index (χ0) is 23.2. The number of aryl methyl sites for hydroxylation is 1. The summed E-state index contributed by atoms with van der Waals surface area (Å²) in [4.78, 5) is 16.1. The number of benzene rings is 2. The van der Waals surface area contributed by atoms with Gasteiger partial charge in [-0.15, -0.1) is 0 Å². The van der Waals surface area contributed by atoms with Crippen LogP contribution in [0.5, 0.6) is 5.75 Å². The lowest BCUT2D eigenvalue weighted by molar-refractivity contribution is 0.0697. The van der Waals surface area contributed by atoms with Gasteiger partial charge in [-0.1, -0.05) is 24.3 Å². The van der Waals surface area contributed by atoms with Crippen molar-refractivity contribution < 1.29 is 14.6 Å². The topological polar surface area (TPSA) is 77.6 Å². The normalized spacial score (nSPS) is 16.0. The summed E-state index contributed by atoms with van der Waals surface area (Å²) in [5.74, 6) is 1.06. The van der Waals surface area contributed by atoms with Crippen molar-refractivity contribution in [3.63, 3.8) is 0 Å². The zero-order valence-corrected chi connectivity index (χ0v) is 19.4. The van der Waals surface area contributed by atoms with Crippen LogP contribution in [0.3, 0.4) is 0 Å². The Balaban J connectivity index is 0.000000243. The number of aromatic carboxylic acids is 1. The summed E-state index contributed by atoms with van der Waals surface area (Å²) >= 11 is 0. The predicted molar refractivity (Wildman–Crippen MR) is 132 cm³/mol. The van der Waals surface area contributed by atoms with Crippen molar-refractivity contribution in [3.05, 3.63) is 77.1 Å². The number of carbonyl (C=O) groups is 1. The molecule has 6 heteroatoms. The monoisotopic (exact) mass is 447 g/mol. The summed E-state index contributed by atoms with van der Waals surface area (Å²) in [5, 5.41) is 13.3. The summed E-state index contributed by atoms with van der Waals surface area (Å²) in [6, 6.07) is 12.6. The number of aromatic nitrogens is 1. The third-order valence-electron chi connectivity index (χ3n) is 6.34.